The second-order valence-corrected chi connectivity index (χ2v) is 5.24. The fourth-order valence-electron chi connectivity index (χ4n) is 2.54. The van der Waals surface area contributed by atoms with Gasteiger partial charge in [-0.25, -0.2) is 4.98 Å². The Labute approximate surface area is 128 Å². The Morgan fingerprint density at radius 2 is 2.05 bits per heavy atom. The predicted octanol–water partition coefficient (Wildman–Crippen LogP) is 0.977. The molecule has 0 radical (unpaired) electrons. The highest BCUT2D eigenvalue weighted by Crippen LogP contribution is 2.15. The van der Waals surface area contributed by atoms with Crippen LogP contribution in [0.5, 0.6) is 0 Å². The van der Waals surface area contributed by atoms with Crippen LogP contribution in [0, 0.1) is 0 Å². The molecule has 1 fully saturated rings. The highest BCUT2D eigenvalue weighted by molar-refractivity contribution is 5.91. The van der Waals surface area contributed by atoms with Crippen LogP contribution >= 0.6 is 0 Å². The quantitative estimate of drug-likeness (QED) is 0.852. The van der Waals surface area contributed by atoms with Crippen molar-refractivity contribution in [1.29, 1.82) is 0 Å². The van der Waals surface area contributed by atoms with E-state index < -0.39 is 0 Å². The van der Waals surface area contributed by atoms with Crippen molar-refractivity contribution in [2.45, 2.75) is 0 Å². The molecule has 0 aliphatic carbocycles. The van der Waals surface area contributed by atoms with Gasteiger partial charge in [-0.2, -0.15) is 0 Å². The summed E-state index contributed by atoms with van der Waals surface area (Å²) in [4.78, 5) is 20.4. The molecule has 1 aliphatic heterocycles. The lowest BCUT2D eigenvalue weighted by atomic mass is 10.3. The lowest BCUT2D eigenvalue weighted by Gasteiger charge is -2.33. The molecule has 0 unspecified atom stereocenters. The summed E-state index contributed by atoms with van der Waals surface area (Å²) in [5.41, 5.74) is 1.50. The van der Waals surface area contributed by atoms with E-state index in [1.54, 1.807) is 11.0 Å². The molecule has 2 heterocycles. The minimum atomic E-state index is -0.0362. The van der Waals surface area contributed by atoms with Gasteiger partial charge in [0.25, 0.3) is 0 Å². The van der Waals surface area contributed by atoms with Crippen LogP contribution in [0.3, 0.4) is 0 Å². The standard InChI is InChI=1S/C16H19N3O3/c20-12-11-18-7-9-19(10-8-18)16(21)6-5-15-17-13-3-1-2-4-14(13)22-15/h1-6,20H,7-12H2. The first-order valence-electron chi connectivity index (χ1n) is 7.42. The van der Waals surface area contributed by atoms with E-state index in [1.165, 1.54) is 6.08 Å². The molecular weight excluding hydrogens is 282 g/mol. The SMILES string of the molecule is O=C(C=Cc1nc2ccccc2o1)N1CCN(CCO)CC1. The largest absolute Gasteiger partial charge is 0.437 e. The van der Waals surface area contributed by atoms with Gasteiger partial charge in [0, 0.05) is 44.9 Å². The molecule has 2 aromatic rings. The number of aliphatic hydroxyl groups excluding tert-OH is 1. The smallest absolute Gasteiger partial charge is 0.246 e. The number of β-amino-alcohol motifs (C(OH)–C–C–N with tert-alkyl or cyclic N) is 1. The molecule has 6 nitrogen and oxygen atoms in total. The monoisotopic (exact) mass is 301 g/mol. The molecule has 3 rings (SSSR count). The molecule has 1 saturated heterocycles. The van der Waals surface area contributed by atoms with Crippen molar-refractivity contribution in [2.75, 3.05) is 39.3 Å². The van der Waals surface area contributed by atoms with Crippen LogP contribution in [-0.2, 0) is 4.79 Å². The van der Waals surface area contributed by atoms with Crippen LogP contribution in [0.25, 0.3) is 17.2 Å². The zero-order chi connectivity index (χ0) is 15.4. The molecule has 0 atom stereocenters. The van der Waals surface area contributed by atoms with Gasteiger partial charge in [0.15, 0.2) is 5.58 Å². The fraction of sp³-hybridized carbons (Fsp3) is 0.375. The zero-order valence-electron chi connectivity index (χ0n) is 12.3. The Kier molecular flexibility index (Phi) is 4.50. The van der Waals surface area contributed by atoms with Gasteiger partial charge >= 0.3 is 0 Å². The first-order valence-corrected chi connectivity index (χ1v) is 7.42. The van der Waals surface area contributed by atoms with Gasteiger partial charge in [-0.1, -0.05) is 12.1 Å². The normalized spacial score (nSPS) is 16.7. The summed E-state index contributed by atoms with van der Waals surface area (Å²) < 4.78 is 5.55. The van der Waals surface area contributed by atoms with Crippen molar-refractivity contribution in [3.63, 3.8) is 0 Å². The molecule has 6 heteroatoms. The summed E-state index contributed by atoms with van der Waals surface area (Å²) in [6.07, 6.45) is 3.12. The first-order chi connectivity index (χ1) is 10.8. The summed E-state index contributed by atoms with van der Waals surface area (Å²) in [7, 11) is 0. The average molecular weight is 301 g/mol. The summed E-state index contributed by atoms with van der Waals surface area (Å²) in [6.45, 7) is 3.77. The van der Waals surface area contributed by atoms with Crippen molar-refractivity contribution in [2.24, 2.45) is 0 Å². The molecule has 0 bridgehead atoms. The average Bonchev–Trinajstić information content (AvgIpc) is 2.96. The zero-order valence-corrected chi connectivity index (χ0v) is 12.3. The van der Waals surface area contributed by atoms with Gasteiger partial charge in [-0.05, 0) is 12.1 Å². The van der Waals surface area contributed by atoms with Gasteiger partial charge in [-0.15, -0.1) is 0 Å². The molecule has 1 aliphatic rings. The summed E-state index contributed by atoms with van der Waals surface area (Å²) in [5.74, 6) is 0.402. The summed E-state index contributed by atoms with van der Waals surface area (Å²) in [5, 5.41) is 8.91. The number of piperazine rings is 1. The third kappa shape index (κ3) is 3.35. The Balaban J connectivity index is 1.59. The number of carbonyl (C=O) groups is 1. The predicted molar refractivity (Wildman–Crippen MR) is 83.1 cm³/mol. The van der Waals surface area contributed by atoms with E-state index in [9.17, 15) is 4.79 Å². The summed E-state index contributed by atoms with van der Waals surface area (Å²) in [6, 6.07) is 7.51. The highest BCUT2D eigenvalue weighted by atomic mass is 16.3. The molecule has 1 aromatic heterocycles. The maximum absolute atomic E-state index is 12.2. The van der Waals surface area contributed by atoms with E-state index in [-0.39, 0.29) is 12.5 Å². The van der Waals surface area contributed by atoms with E-state index in [2.05, 4.69) is 9.88 Å². The summed E-state index contributed by atoms with van der Waals surface area (Å²) >= 11 is 0. The Morgan fingerprint density at radius 3 is 2.77 bits per heavy atom. The number of para-hydroxylation sites is 2. The van der Waals surface area contributed by atoms with Gasteiger partial charge < -0.3 is 14.4 Å². The number of fused-ring (bicyclic) bond motifs is 1. The van der Waals surface area contributed by atoms with Gasteiger partial charge in [0.1, 0.15) is 5.52 Å². The molecule has 0 spiro atoms. The number of oxazole rings is 1. The minimum absolute atomic E-state index is 0.0362. The second kappa shape index (κ2) is 6.72. The molecule has 116 valence electrons. The molecule has 1 N–H and O–H groups in total. The first kappa shape index (κ1) is 14.7. The minimum Gasteiger partial charge on any atom is -0.437 e. The number of aromatic nitrogens is 1. The maximum Gasteiger partial charge on any atom is 0.246 e. The Bertz CT molecular complexity index is 639. The Morgan fingerprint density at radius 1 is 1.27 bits per heavy atom. The van der Waals surface area contributed by atoms with E-state index in [4.69, 9.17) is 9.52 Å². The van der Waals surface area contributed by atoms with Crippen molar-refractivity contribution >= 4 is 23.1 Å². The van der Waals surface area contributed by atoms with E-state index >= 15 is 0 Å². The molecular formula is C16H19N3O3. The maximum atomic E-state index is 12.2. The Hall–Kier alpha value is -2.18. The van der Waals surface area contributed by atoms with Crippen molar-refractivity contribution in [1.82, 2.24) is 14.8 Å². The number of aliphatic hydroxyl groups is 1. The van der Waals surface area contributed by atoms with Gasteiger partial charge in [0.2, 0.25) is 11.8 Å². The number of rotatable bonds is 4. The number of benzene rings is 1. The fourth-order valence-corrected chi connectivity index (χ4v) is 2.54. The van der Waals surface area contributed by atoms with Crippen LogP contribution in [0.15, 0.2) is 34.8 Å². The van der Waals surface area contributed by atoms with Crippen molar-refractivity contribution in [3.05, 3.63) is 36.2 Å². The molecule has 22 heavy (non-hydrogen) atoms. The number of nitrogens with zero attached hydrogens (tertiary/aromatic N) is 3. The number of amides is 1. The van der Waals surface area contributed by atoms with Crippen LogP contribution in [0.1, 0.15) is 5.89 Å². The van der Waals surface area contributed by atoms with Crippen LogP contribution in [-0.4, -0.2) is 65.1 Å². The van der Waals surface area contributed by atoms with Crippen LogP contribution in [0.4, 0.5) is 0 Å². The lowest BCUT2D eigenvalue weighted by Crippen LogP contribution is -2.48. The van der Waals surface area contributed by atoms with E-state index in [0.717, 1.165) is 18.6 Å². The van der Waals surface area contributed by atoms with Crippen molar-refractivity contribution in [3.8, 4) is 0 Å². The topological polar surface area (TPSA) is 69.8 Å². The van der Waals surface area contributed by atoms with Crippen LogP contribution < -0.4 is 0 Å². The third-order valence-corrected chi connectivity index (χ3v) is 3.78. The van der Waals surface area contributed by atoms with E-state index in [1.807, 2.05) is 24.3 Å². The molecule has 1 amide bonds. The van der Waals surface area contributed by atoms with Crippen molar-refractivity contribution < 1.29 is 14.3 Å². The highest BCUT2D eigenvalue weighted by Gasteiger charge is 2.19. The van der Waals surface area contributed by atoms with Gasteiger partial charge in [0.05, 0.1) is 6.61 Å². The van der Waals surface area contributed by atoms with Gasteiger partial charge in [-0.3, -0.25) is 9.69 Å². The van der Waals surface area contributed by atoms with E-state index in [0.29, 0.717) is 31.1 Å². The lowest BCUT2D eigenvalue weighted by molar-refractivity contribution is -0.127. The number of hydrogen-bond acceptors (Lipinski definition) is 5. The molecule has 1 aromatic carbocycles. The number of hydrogen-bond donors (Lipinski definition) is 1. The van der Waals surface area contributed by atoms with Crippen LogP contribution in [0.2, 0.25) is 0 Å². The second-order valence-electron chi connectivity index (χ2n) is 5.24. The third-order valence-electron chi connectivity index (χ3n) is 3.78. The number of carbonyl (C=O) groups excluding carboxylic acids is 1. The molecule has 0 saturated carbocycles.